The number of hydrogen-bond donors (Lipinski definition) is 6. The van der Waals surface area contributed by atoms with E-state index in [0.717, 1.165) is 232 Å². The molecular formula is C104H188O24. The van der Waals surface area contributed by atoms with E-state index in [1.54, 1.807) is 77.5 Å². The molecule has 24 heteroatoms. The van der Waals surface area contributed by atoms with E-state index in [2.05, 4.69) is 136 Å². The molecule has 21 atom stereocenters. The van der Waals surface area contributed by atoms with Crippen molar-refractivity contribution in [2.24, 2.45) is 23.7 Å². The van der Waals surface area contributed by atoms with Crippen LogP contribution in [0.25, 0.3) is 0 Å². The Morgan fingerprint density at radius 3 is 0.984 bits per heavy atom. The molecular weight excluding hydrogens is 1630 g/mol. The first-order valence-corrected chi connectivity index (χ1v) is 48.2. The summed E-state index contributed by atoms with van der Waals surface area (Å²) in [4.78, 5) is 34.3. The number of rotatable bonds is 44. The van der Waals surface area contributed by atoms with Crippen LogP contribution in [-0.2, 0) is 85.4 Å². The summed E-state index contributed by atoms with van der Waals surface area (Å²) >= 11 is 0. The fraction of sp³-hybridized carbons (Fsp3) is 0.817. The Morgan fingerprint density at radius 1 is 0.352 bits per heavy atom. The Balaban J connectivity index is 0.00000144. The minimum atomic E-state index is -0.872. The highest BCUT2D eigenvalue weighted by molar-refractivity contribution is 5.87. The van der Waals surface area contributed by atoms with Gasteiger partial charge in [0.25, 0.3) is 0 Å². The van der Waals surface area contributed by atoms with Crippen molar-refractivity contribution in [1.82, 2.24) is 0 Å². The summed E-state index contributed by atoms with van der Waals surface area (Å²) in [5.74, 6) is 0.653. The van der Waals surface area contributed by atoms with Crippen LogP contribution in [0.1, 0.15) is 348 Å². The molecule has 0 heterocycles. The predicted octanol–water partition coefficient (Wildman–Crippen LogP) is 21.1. The van der Waals surface area contributed by atoms with Gasteiger partial charge in [0.15, 0.2) is 31.5 Å². The van der Waals surface area contributed by atoms with Gasteiger partial charge in [0, 0.05) is 120 Å². The van der Waals surface area contributed by atoms with Crippen molar-refractivity contribution < 1.29 is 116 Å². The zero-order chi connectivity index (χ0) is 97.9. The molecule has 21 unspecified atom stereocenters. The standard InChI is InChI=1S/C14H26O3.C14H24O3.2C13H24O3.C13H22O3.2C12H22O3.C12H20O2.CH4O/c1-6-11(4)14(17-13(15)10(2)3)8-7-12(9-14)16-5;1-5-6-8-14(17-13(15)11(2)3)9-7-12(10-14)16-4;1-9(2)12(14)16-13(10(3)4)7-6-11(8-13)15-5;1-5-7-13(16-12(14)10(2)3)8-6-11(9-13)15-4;1-5-10(3)13(16-12(14)6-2)8-7-11(9-13)15-4;1-5-11(13)15-12(9(2)3)7-6-10(8-12)14-4;1-4-7-12(15-11(13)5-2)8-6-10(9-12)14-3;1-3-5-8-12(9-6-7-10-12)14-11(13)4-2;1-2/h11-13,15H,2,6-9H2,1,3-5H3;12H,2,5-10H2,1,3-4H3;10-12,14H,1,6-8H2,2-5H3;11-12,14H,2,5-9H2,1,3-4H3;6,10-11H,2,5,7-9H2,1,3-4H3;5,9-11,13H,1,6-8H2,2-4H3;5,10-11,13H,2,4,6-9H2,1,3H3;4H,2-3,5-10H2,1H3;2H,1H3. The number of ether oxygens (including phenoxy) is 15. The molecule has 8 fully saturated rings. The molecule has 8 aliphatic carbocycles. The Morgan fingerprint density at radius 2 is 0.648 bits per heavy atom. The van der Waals surface area contributed by atoms with Crippen molar-refractivity contribution in [1.29, 1.82) is 0 Å². The maximum Gasteiger partial charge on any atom is 0.333 e. The first-order valence-electron chi connectivity index (χ1n) is 48.2. The lowest BCUT2D eigenvalue weighted by Gasteiger charge is -2.37. The van der Waals surface area contributed by atoms with Crippen LogP contribution in [0.15, 0.2) is 99.2 Å². The van der Waals surface area contributed by atoms with Gasteiger partial charge in [-0.05, 0) is 241 Å². The molecule has 0 bridgehead atoms. The van der Waals surface area contributed by atoms with Gasteiger partial charge in [-0.3, -0.25) is 0 Å². The second-order valence-electron chi connectivity index (χ2n) is 37.9. The maximum absolute atomic E-state index is 11.7. The average Bonchev–Trinajstić information content (AvgIpc) is 1.67. The summed E-state index contributed by atoms with van der Waals surface area (Å²) in [6, 6.07) is 0. The second kappa shape index (κ2) is 63.8. The van der Waals surface area contributed by atoms with E-state index in [1.165, 1.54) is 37.1 Å². The minimum absolute atomic E-state index is 0.152. The van der Waals surface area contributed by atoms with E-state index in [4.69, 9.17) is 76.2 Å². The van der Waals surface area contributed by atoms with Gasteiger partial charge in [-0.25, -0.2) is 14.4 Å². The van der Waals surface area contributed by atoms with Gasteiger partial charge >= 0.3 is 17.9 Å². The van der Waals surface area contributed by atoms with Gasteiger partial charge in [-0.15, -0.1) is 0 Å². The number of hydrogen-bond acceptors (Lipinski definition) is 24. The smallest absolute Gasteiger partial charge is 0.333 e. The molecule has 0 aromatic rings. The van der Waals surface area contributed by atoms with Crippen molar-refractivity contribution >= 4 is 17.9 Å². The molecule has 748 valence electrons. The maximum atomic E-state index is 11.7. The van der Waals surface area contributed by atoms with E-state index in [-0.39, 0.29) is 105 Å². The fourth-order valence-corrected chi connectivity index (χ4v) is 19.0. The van der Waals surface area contributed by atoms with Crippen LogP contribution in [0.2, 0.25) is 0 Å². The van der Waals surface area contributed by atoms with Crippen molar-refractivity contribution in [3.63, 3.8) is 0 Å². The fourth-order valence-electron chi connectivity index (χ4n) is 19.0. The highest BCUT2D eigenvalue weighted by Crippen LogP contribution is 2.48. The summed E-state index contributed by atoms with van der Waals surface area (Å²) in [6.07, 6.45) is 39.3. The number of aliphatic hydroxyl groups is 6. The highest BCUT2D eigenvalue weighted by atomic mass is 16.6. The lowest BCUT2D eigenvalue weighted by molar-refractivity contribution is -0.187. The molecule has 24 nitrogen and oxygen atoms in total. The second-order valence-corrected chi connectivity index (χ2v) is 37.9. The molecule has 0 amide bonds. The van der Waals surface area contributed by atoms with Gasteiger partial charge in [-0.2, -0.15) is 0 Å². The lowest BCUT2D eigenvalue weighted by Crippen LogP contribution is -2.41. The van der Waals surface area contributed by atoms with Crippen molar-refractivity contribution in [2.45, 2.75) is 467 Å². The van der Waals surface area contributed by atoms with Gasteiger partial charge in [0.1, 0.15) is 16.8 Å². The zero-order valence-corrected chi connectivity index (χ0v) is 84.9. The molecule has 8 aliphatic rings. The highest BCUT2D eigenvalue weighted by Gasteiger charge is 2.51. The molecule has 0 aromatic heterocycles. The Hall–Kier alpha value is -4.39. The molecule has 6 N–H and O–H groups in total. The third kappa shape index (κ3) is 41.8. The first kappa shape index (κ1) is 124. The number of esters is 3. The molecule has 0 aromatic carbocycles. The third-order valence-electron chi connectivity index (χ3n) is 27.8. The SMILES string of the molecule is C=C(C)C(=O)OC1(CCCC)CCC(OC)C1.C=C(C)C(O)OC1(C(C)C)CCC(OC)C1.C=C(C)C(O)OC1(C(C)CC)CCC(OC)C1.C=C(C)C(O)OC1(CCC)CCC(OC)C1.C=CC(=O)OC1(C(C)CC)CCC(OC)C1.C=CC(=O)OC1(CCCC)CCCC1.C=CC(O)OC1(C(C)C)CCC(OC)C1.C=CC(O)OC1(CCC)CCC(OC)C1.CO. The van der Waals surface area contributed by atoms with E-state index in [9.17, 15) is 39.9 Å². The number of methoxy groups -OCH3 is 7. The van der Waals surface area contributed by atoms with Crippen molar-refractivity contribution in [2.75, 3.05) is 56.9 Å². The van der Waals surface area contributed by atoms with Gasteiger partial charge in [0.05, 0.1) is 70.7 Å². The summed E-state index contributed by atoms with van der Waals surface area (Å²) < 4.78 is 83.3. The summed E-state index contributed by atoms with van der Waals surface area (Å²) in [5, 5.41) is 55.5. The van der Waals surface area contributed by atoms with Crippen LogP contribution >= 0.6 is 0 Å². The van der Waals surface area contributed by atoms with Crippen molar-refractivity contribution in [3.8, 4) is 0 Å². The Labute approximate surface area is 777 Å². The van der Waals surface area contributed by atoms with Crippen LogP contribution in [-0.4, -0.2) is 224 Å². The number of aliphatic hydroxyl groups excluding tert-OH is 6. The Bertz CT molecular complexity index is 3140. The summed E-state index contributed by atoms with van der Waals surface area (Å²) in [7, 11) is 13.1. The molecule has 0 saturated heterocycles. The topological polar surface area (TPSA) is 311 Å². The van der Waals surface area contributed by atoms with E-state index in [1.807, 2.05) is 0 Å². The zero-order valence-electron chi connectivity index (χ0n) is 84.9. The minimum Gasteiger partial charge on any atom is -0.456 e. The third-order valence-corrected chi connectivity index (χ3v) is 27.8. The molecule has 0 radical (unpaired) electrons. The monoisotopic (exact) mass is 1820 g/mol. The predicted molar refractivity (Wildman–Crippen MR) is 512 cm³/mol. The summed E-state index contributed by atoms with van der Waals surface area (Å²) in [5.41, 5.74) is 0.444. The van der Waals surface area contributed by atoms with Crippen LogP contribution < -0.4 is 0 Å². The molecule has 0 spiro atoms. The molecule has 0 aliphatic heterocycles. The van der Waals surface area contributed by atoms with E-state index in [0.29, 0.717) is 46.0 Å². The Kier molecular flexibility index (Phi) is 61.6. The van der Waals surface area contributed by atoms with Crippen molar-refractivity contribution in [3.05, 3.63) is 99.2 Å². The van der Waals surface area contributed by atoms with Crippen LogP contribution in [0, 0.1) is 23.7 Å². The van der Waals surface area contributed by atoms with Crippen LogP contribution in [0.3, 0.4) is 0 Å². The quantitative estimate of drug-likeness (QED) is 0.0109. The van der Waals surface area contributed by atoms with Crippen LogP contribution in [0.5, 0.6) is 0 Å². The molecule has 128 heavy (non-hydrogen) atoms. The van der Waals surface area contributed by atoms with Crippen LogP contribution in [0.4, 0.5) is 0 Å². The molecule has 8 rings (SSSR count). The normalized spacial score (nSPS) is 29.8. The number of unbranched alkanes of at least 4 members (excludes halogenated alkanes) is 2. The van der Waals surface area contributed by atoms with Gasteiger partial charge < -0.3 is 102 Å². The molecule has 8 saturated carbocycles. The number of carbonyl (C=O) groups excluding carboxylic acids is 3. The first-order chi connectivity index (χ1) is 60.4. The largest absolute Gasteiger partial charge is 0.456 e. The number of carbonyl (C=O) groups is 3. The van der Waals surface area contributed by atoms with E-state index < -0.39 is 31.5 Å². The summed E-state index contributed by atoms with van der Waals surface area (Å²) in [6.45, 7) is 61.5. The van der Waals surface area contributed by atoms with Gasteiger partial charge in [-0.1, -0.05) is 168 Å². The van der Waals surface area contributed by atoms with E-state index >= 15 is 0 Å². The van der Waals surface area contributed by atoms with Gasteiger partial charge in [0.2, 0.25) is 0 Å². The average molecular weight is 1820 g/mol. The lowest BCUT2D eigenvalue weighted by atomic mass is 9.85.